The van der Waals surface area contributed by atoms with Crippen molar-refractivity contribution in [2.24, 2.45) is 0 Å². The molecular weight excluding hydrogens is 387 g/mol. The van der Waals surface area contributed by atoms with E-state index in [1.54, 1.807) is 47.4 Å². The van der Waals surface area contributed by atoms with Crippen LogP contribution in [0.15, 0.2) is 42.5 Å². The summed E-state index contributed by atoms with van der Waals surface area (Å²) in [6.45, 7) is 0.999. The second kappa shape index (κ2) is 7.06. The molecule has 2 aromatic carbocycles. The van der Waals surface area contributed by atoms with Gasteiger partial charge in [0, 0.05) is 36.6 Å². The Morgan fingerprint density at radius 3 is 2.59 bits per heavy atom. The van der Waals surface area contributed by atoms with Crippen molar-refractivity contribution in [1.29, 1.82) is 0 Å². The molecule has 7 heteroatoms. The van der Waals surface area contributed by atoms with Crippen molar-refractivity contribution in [2.45, 2.75) is 24.9 Å². The van der Waals surface area contributed by atoms with Crippen molar-refractivity contribution < 1.29 is 14.3 Å². The molecule has 0 saturated carbocycles. The van der Waals surface area contributed by atoms with Gasteiger partial charge in [0.25, 0.3) is 0 Å². The number of ketones is 1. The van der Waals surface area contributed by atoms with Crippen molar-refractivity contribution in [1.82, 2.24) is 4.90 Å². The van der Waals surface area contributed by atoms with Gasteiger partial charge in [-0.25, -0.2) is 4.79 Å². The number of likely N-dealkylation sites (tertiary alicyclic amines) is 1. The molecule has 0 atom stereocenters. The lowest BCUT2D eigenvalue weighted by Gasteiger charge is -2.44. The second-order valence-corrected chi connectivity index (χ2v) is 7.77. The highest BCUT2D eigenvalue weighted by atomic mass is 35.5. The first-order chi connectivity index (χ1) is 13.0. The molecule has 1 N–H and O–H groups in total. The predicted octanol–water partition coefficient (Wildman–Crippen LogP) is 5.03. The van der Waals surface area contributed by atoms with E-state index in [2.05, 4.69) is 5.32 Å². The van der Waals surface area contributed by atoms with Gasteiger partial charge in [-0.3, -0.25) is 4.79 Å². The van der Waals surface area contributed by atoms with Gasteiger partial charge in [0.15, 0.2) is 5.78 Å². The number of para-hydroxylation sites is 1. The van der Waals surface area contributed by atoms with Gasteiger partial charge in [0.2, 0.25) is 0 Å². The Bertz CT molecular complexity index is 908. The van der Waals surface area contributed by atoms with Crippen LogP contribution < -0.4 is 10.1 Å². The number of benzene rings is 2. The Morgan fingerprint density at radius 1 is 1.11 bits per heavy atom. The number of piperidine rings is 1. The van der Waals surface area contributed by atoms with Crippen LogP contribution in [0.4, 0.5) is 10.5 Å². The van der Waals surface area contributed by atoms with Gasteiger partial charge in [0.1, 0.15) is 11.4 Å². The molecule has 1 spiro atoms. The third kappa shape index (κ3) is 3.62. The number of amides is 2. The number of anilines is 1. The fourth-order valence-electron chi connectivity index (χ4n) is 3.64. The summed E-state index contributed by atoms with van der Waals surface area (Å²) >= 11 is 12.2. The lowest BCUT2D eigenvalue weighted by atomic mass is 9.82. The van der Waals surface area contributed by atoms with Gasteiger partial charge in [-0.2, -0.15) is 0 Å². The number of halogens is 2. The molecule has 0 aliphatic carbocycles. The first-order valence-electron chi connectivity index (χ1n) is 8.78. The van der Waals surface area contributed by atoms with Gasteiger partial charge in [-0.15, -0.1) is 0 Å². The van der Waals surface area contributed by atoms with Crippen molar-refractivity contribution in [3.8, 4) is 5.75 Å². The minimum absolute atomic E-state index is 0.0376. The van der Waals surface area contributed by atoms with Crippen LogP contribution in [0.2, 0.25) is 10.0 Å². The predicted molar refractivity (Wildman–Crippen MR) is 105 cm³/mol. The van der Waals surface area contributed by atoms with Crippen LogP contribution in [0.25, 0.3) is 0 Å². The lowest BCUT2D eigenvalue weighted by Crippen LogP contribution is -2.53. The molecular formula is C20H18Cl2N2O3. The maximum atomic E-state index is 12.6. The molecule has 2 amide bonds. The number of hydrogen-bond donors (Lipinski definition) is 1. The number of carbonyl (C=O) groups excluding carboxylic acids is 2. The number of nitrogens with zero attached hydrogens (tertiary/aromatic N) is 1. The summed E-state index contributed by atoms with van der Waals surface area (Å²) in [5.41, 5.74) is 0.592. The summed E-state index contributed by atoms with van der Waals surface area (Å²) in [6.07, 6.45) is 1.46. The Labute approximate surface area is 167 Å². The van der Waals surface area contributed by atoms with E-state index < -0.39 is 5.60 Å². The van der Waals surface area contributed by atoms with Crippen molar-refractivity contribution in [3.05, 3.63) is 58.1 Å². The Balaban J connectivity index is 1.44. The SMILES string of the molecule is O=C1CC2(CCN(C(=O)Nc3cccc(Cl)c3)CC2)Oc2c(Cl)cccc21. The molecule has 1 fully saturated rings. The molecule has 2 aliphatic rings. The number of fused-ring (bicyclic) bond motifs is 1. The summed E-state index contributed by atoms with van der Waals surface area (Å²) in [5.74, 6) is 0.503. The minimum Gasteiger partial charge on any atom is -0.484 e. The summed E-state index contributed by atoms with van der Waals surface area (Å²) < 4.78 is 6.20. The zero-order chi connectivity index (χ0) is 19.0. The zero-order valence-corrected chi connectivity index (χ0v) is 16.0. The van der Waals surface area contributed by atoms with Crippen LogP contribution >= 0.6 is 23.2 Å². The van der Waals surface area contributed by atoms with Crippen LogP contribution in [0.3, 0.4) is 0 Å². The highest BCUT2D eigenvalue weighted by Crippen LogP contribution is 2.42. The van der Waals surface area contributed by atoms with E-state index in [1.807, 2.05) is 0 Å². The van der Waals surface area contributed by atoms with E-state index in [-0.39, 0.29) is 11.8 Å². The molecule has 0 unspecified atom stereocenters. The molecule has 4 rings (SSSR count). The number of hydrogen-bond acceptors (Lipinski definition) is 3. The molecule has 27 heavy (non-hydrogen) atoms. The summed E-state index contributed by atoms with van der Waals surface area (Å²) in [7, 11) is 0. The maximum absolute atomic E-state index is 12.6. The van der Waals surface area contributed by atoms with Gasteiger partial charge < -0.3 is 15.0 Å². The van der Waals surface area contributed by atoms with E-state index in [0.717, 1.165) is 0 Å². The van der Waals surface area contributed by atoms with E-state index in [0.29, 0.717) is 59.4 Å². The Hall–Kier alpha value is -2.24. The molecule has 2 aliphatic heterocycles. The summed E-state index contributed by atoms with van der Waals surface area (Å²) in [6, 6.07) is 12.1. The average Bonchev–Trinajstić information content (AvgIpc) is 2.63. The zero-order valence-electron chi connectivity index (χ0n) is 14.5. The highest BCUT2D eigenvalue weighted by molar-refractivity contribution is 6.32. The molecule has 0 radical (unpaired) electrons. The molecule has 140 valence electrons. The lowest BCUT2D eigenvalue weighted by molar-refractivity contribution is 0.000455. The summed E-state index contributed by atoms with van der Waals surface area (Å²) in [4.78, 5) is 26.8. The van der Waals surface area contributed by atoms with Crippen LogP contribution in [-0.4, -0.2) is 35.4 Å². The number of ether oxygens (including phenoxy) is 1. The smallest absolute Gasteiger partial charge is 0.321 e. The highest BCUT2D eigenvalue weighted by Gasteiger charge is 2.44. The van der Waals surface area contributed by atoms with E-state index in [4.69, 9.17) is 27.9 Å². The van der Waals surface area contributed by atoms with E-state index >= 15 is 0 Å². The van der Waals surface area contributed by atoms with Gasteiger partial charge >= 0.3 is 6.03 Å². The Kier molecular flexibility index (Phi) is 4.74. The van der Waals surface area contributed by atoms with Crippen LogP contribution in [0.5, 0.6) is 5.75 Å². The van der Waals surface area contributed by atoms with Gasteiger partial charge in [-0.1, -0.05) is 35.3 Å². The Morgan fingerprint density at radius 2 is 1.85 bits per heavy atom. The topological polar surface area (TPSA) is 58.6 Å². The van der Waals surface area contributed by atoms with Crippen molar-refractivity contribution >= 4 is 40.7 Å². The quantitative estimate of drug-likeness (QED) is 0.725. The van der Waals surface area contributed by atoms with E-state index in [1.165, 1.54) is 0 Å². The number of nitrogens with one attached hydrogen (secondary N) is 1. The summed E-state index contributed by atoms with van der Waals surface area (Å²) in [5, 5.41) is 3.86. The minimum atomic E-state index is -0.595. The standard InChI is InChI=1S/C20H18Cl2N2O3/c21-13-3-1-4-14(11-13)23-19(26)24-9-7-20(8-10-24)12-17(25)15-5-2-6-16(22)18(15)27-20/h1-6,11H,7-10,12H2,(H,23,26). The molecule has 1 saturated heterocycles. The first-order valence-corrected chi connectivity index (χ1v) is 9.54. The molecule has 2 aromatic rings. The van der Waals surface area contributed by atoms with Gasteiger partial charge in [-0.05, 0) is 30.3 Å². The fraction of sp³-hybridized carbons (Fsp3) is 0.300. The molecule has 2 heterocycles. The number of carbonyl (C=O) groups is 2. The van der Waals surface area contributed by atoms with Crippen molar-refractivity contribution in [2.75, 3.05) is 18.4 Å². The largest absolute Gasteiger partial charge is 0.484 e. The molecule has 0 bridgehead atoms. The normalized spacial score (nSPS) is 18.0. The van der Waals surface area contributed by atoms with Gasteiger partial charge in [0.05, 0.1) is 17.0 Å². The molecule has 5 nitrogen and oxygen atoms in total. The van der Waals surface area contributed by atoms with Crippen LogP contribution in [-0.2, 0) is 0 Å². The van der Waals surface area contributed by atoms with E-state index in [9.17, 15) is 9.59 Å². The van der Waals surface area contributed by atoms with Crippen LogP contribution in [0, 0.1) is 0 Å². The third-order valence-electron chi connectivity index (χ3n) is 5.11. The number of Topliss-reactive ketones (excluding diaryl/α,β-unsaturated/α-hetero) is 1. The molecule has 0 aromatic heterocycles. The van der Waals surface area contributed by atoms with Crippen molar-refractivity contribution in [3.63, 3.8) is 0 Å². The average molecular weight is 405 g/mol. The fourth-order valence-corrected chi connectivity index (χ4v) is 4.04. The first kappa shape index (κ1) is 18.1. The maximum Gasteiger partial charge on any atom is 0.321 e. The number of urea groups is 1. The third-order valence-corrected chi connectivity index (χ3v) is 5.64. The monoisotopic (exact) mass is 404 g/mol. The van der Waals surface area contributed by atoms with Crippen LogP contribution in [0.1, 0.15) is 29.6 Å². The number of rotatable bonds is 1. The second-order valence-electron chi connectivity index (χ2n) is 6.93.